The molecule has 0 saturated carbocycles. The molecule has 0 amide bonds. The van der Waals surface area contributed by atoms with Crippen molar-refractivity contribution < 1.29 is 4.74 Å². The summed E-state index contributed by atoms with van der Waals surface area (Å²) in [6.45, 7) is 4.43. The molecule has 2 aromatic heterocycles. The monoisotopic (exact) mass is 693 g/mol. The Hall–Kier alpha value is -7.09. The van der Waals surface area contributed by atoms with Crippen molar-refractivity contribution in [1.29, 1.82) is 5.26 Å². The highest BCUT2D eigenvalue weighted by Crippen LogP contribution is 2.47. The SMILES string of the molecule is Cc1c(-c2ccc(-c3nccc4ccccc34)cc2OC#N)c(Cc2ccccc2)c(C)c2c1c(-c1ccccc1)nc1cc(-c3ccccc3)ccc12. The largest absolute Gasteiger partial charge is 0.387 e. The zero-order valence-electron chi connectivity index (χ0n) is 30.0. The van der Waals surface area contributed by atoms with Gasteiger partial charge in [-0.2, -0.15) is 0 Å². The smallest absolute Gasteiger partial charge is 0.292 e. The molecule has 4 heteroatoms. The molecule has 0 fully saturated rings. The molecule has 2 heterocycles. The quantitative estimate of drug-likeness (QED) is 0.123. The van der Waals surface area contributed by atoms with E-state index in [1.54, 1.807) is 0 Å². The standard InChI is InChI=1S/C50H35N3O/c1-32-43(28-34-14-6-3-7-15-34)46(42-25-23-39(30-45(42)54-31-51)49-40-21-13-12-18-36(40)26-27-52-49)33(2)48-47(32)41-24-22-38(35-16-8-4-9-17-35)29-44(41)53-50(48)37-19-10-5-11-20-37/h3-27,29-30H,28H2,1-2H3. The maximum absolute atomic E-state index is 10.0. The van der Waals surface area contributed by atoms with Crippen molar-refractivity contribution in [2.24, 2.45) is 0 Å². The predicted molar refractivity (Wildman–Crippen MR) is 221 cm³/mol. The molecule has 0 radical (unpaired) electrons. The number of nitrogens with zero attached hydrogens (tertiary/aromatic N) is 3. The average molecular weight is 694 g/mol. The summed E-state index contributed by atoms with van der Waals surface area (Å²) >= 11 is 0. The summed E-state index contributed by atoms with van der Waals surface area (Å²) in [5.74, 6) is 0.489. The summed E-state index contributed by atoms with van der Waals surface area (Å²) in [7, 11) is 0. The Labute approximate surface area is 314 Å². The molecule has 0 unspecified atom stereocenters. The van der Waals surface area contributed by atoms with Crippen LogP contribution in [0.3, 0.4) is 0 Å². The first kappa shape index (κ1) is 32.8. The molecule has 256 valence electrons. The minimum Gasteiger partial charge on any atom is -0.387 e. The van der Waals surface area contributed by atoms with E-state index < -0.39 is 0 Å². The van der Waals surface area contributed by atoms with Crippen molar-refractivity contribution in [3.63, 3.8) is 0 Å². The summed E-state index contributed by atoms with van der Waals surface area (Å²) in [4.78, 5) is 10.2. The second-order valence-electron chi connectivity index (χ2n) is 13.7. The van der Waals surface area contributed by atoms with E-state index in [4.69, 9.17) is 14.7 Å². The summed E-state index contributed by atoms with van der Waals surface area (Å²) in [5, 5.41) is 15.6. The van der Waals surface area contributed by atoms with Crippen LogP contribution in [0.4, 0.5) is 0 Å². The van der Waals surface area contributed by atoms with Crippen LogP contribution in [0, 0.1) is 25.4 Å². The molecular weight excluding hydrogens is 659 g/mol. The molecule has 0 atom stereocenters. The number of hydrogen-bond donors (Lipinski definition) is 0. The van der Waals surface area contributed by atoms with E-state index >= 15 is 0 Å². The Bertz CT molecular complexity index is 2890. The maximum atomic E-state index is 10.0. The van der Waals surface area contributed by atoms with Gasteiger partial charge in [-0.15, -0.1) is 5.26 Å². The van der Waals surface area contributed by atoms with Gasteiger partial charge in [0.25, 0.3) is 6.26 Å². The highest BCUT2D eigenvalue weighted by molar-refractivity contribution is 6.16. The number of aryl methyl sites for hydroxylation is 2. The van der Waals surface area contributed by atoms with E-state index in [0.717, 1.165) is 77.4 Å². The van der Waals surface area contributed by atoms with Crippen molar-refractivity contribution in [3.05, 3.63) is 186 Å². The number of fused-ring (bicyclic) bond motifs is 4. The first-order valence-electron chi connectivity index (χ1n) is 18.2. The number of ether oxygens (including phenoxy) is 1. The molecule has 9 aromatic rings. The van der Waals surface area contributed by atoms with Crippen molar-refractivity contribution in [2.75, 3.05) is 0 Å². The van der Waals surface area contributed by atoms with E-state index in [0.29, 0.717) is 12.2 Å². The number of nitriles is 1. The summed E-state index contributed by atoms with van der Waals surface area (Å²) in [6.07, 6.45) is 4.53. The van der Waals surface area contributed by atoms with Gasteiger partial charge in [-0.1, -0.05) is 133 Å². The Morgan fingerprint density at radius 1 is 0.574 bits per heavy atom. The molecule has 0 N–H and O–H groups in total. The lowest BCUT2D eigenvalue weighted by Crippen LogP contribution is -2.04. The molecule has 0 aliphatic heterocycles. The van der Waals surface area contributed by atoms with Crippen molar-refractivity contribution in [2.45, 2.75) is 20.3 Å². The number of aromatic nitrogens is 2. The Balaban J connectivity index is 1.37. The van der Waals surface area contributed by atoms with Crippen LogP contribution in [0.1, 0.15) is 22.3 Å². The molecule has 54 heavy (non-hydrogen) atoms. The van der Waals surface area contributed by atoms with E-state index in [1.807, 2.05) is 48.9 Å². The molecule has 0 bridgehead atoms. The van der Waals surface area contributed by atoms with Crippen LogP contribution in [-0.2, 0) is 6.42 Å². The van der Waals surface area contributed by atoms with E-state index in [2.05, 4.69) is 135 Å². The van der Waals surface area contributed by atoms with E-state index in [-0.39, 0.29) is 0 Å². The van der Waals surface area contributed by atoms with Crippen LogP contribution in [-0.4, -0.2) is 9.97 Å². The summed E-state index contributed by atoms with van der Waals surface area (Å²) in [6, 6.07) is 54.6. The second-order valence-corrected chi connectivity index (χ2v) is 13.7. The first-order valence-corrected chi connectivity index (χ1v) is 18.2. The van der Waals surface area contributed by atoms with Gasteiger partial charge in [-0.25, -0.2) is 4.98 Å². The van der Waals surface area contributed by atoms with Crippen molar-refractivity contribution in [3.8, 4) is 56.8 Å². The van der Waals surface area contributed by atoms with Gasteiger partial charge < -0.3 is 4.74 Å². The van der Waals surface area contributed by atoms with E-state index in [9.17, 15) is 5.26 Å². The Morgan fingerprint density at radius 2 is 1.26 bits per heavy atom. The highest BCUT2D eigenvalue weighted by atomic mass is 16.5. The molecule has 0 spiro atoms. The number of rotatable bonds is 7. The lowest BCUT2D eigenvalue weighted by molar-refractivity contribution is 0.509. The van der Waals surface area contributed by atoms with Gasteiger partial charge in [-0.05, 0) is 94.3 Å². The van der Waals surface area contributed by atoms with Gasteiger partial charge in [0.15, 0.2) is 5.75 Å². The van der Waals surface area contributed by atoms with Gasteiger partial charge in [-0.3, -0.25) is 4.98 Å². The van der Waals surface area contributed by atoms with Crippen LogP contribution in [0.25, 0.3) is 77.2 Å². The maximum Gasteiger partial charge on any atom is 0.292 e. The van der Waals surface area contributed by atoms with Gasteiger partial charge in [0.05, 0.1) is 16.9 Å². The van der Waals surface area contributed by atoms with Gasteiger partial charge in [0.2, 0.25) is 0 Å². The topological polar surface area (TPSA) is 58.8 Å². The average Bonchev–Trinajstić information content (AvgIpc) is 3.23. The normalized spacial score (nSPS) is 11.2. The zero-order valence-corrected chi connectivity index (χ0v) is 30.0. The van der Waals surface area contributed by atoms with Crippen molar-refractivity contribution >= 4 is 32.4 Å². The second kappa shape index (κ2) is 13.8. The lowest BCUT2D eigenvalue weighted by atomic mass is 9.81. The molecule has 0 aliphatic carbocycles. The third kappa shape index (κ3) is 5.73. The van der Waals surface area contributed by atoms with Gasteiger partial charge >= 0.3 is 0 Å². The molecule has 0 saturated heterocycles. The van der Waals surface area contributed by atoms with Crippen LogP contribution in [0.15, 0.2) is 164 Å². The van der Waals surface area contributed by atoms with Crippen LogP contribution >= 0.6 is 0 Å². The summed E-state index contributed by atoms with van der Waals surface area (Å²) < 4.78 is 5.88. The predicted octanol–water partition coefficient (Wildman–Crippen LogP) is 12.7. The van der Waals surface area contributed by atoms with Gasteiger partial charge in [0.1, 0.15) is 0 Å². The van der Waals surface area contributed by atoms with E-state index in [1.165, 1.54) is 22.1 Å². The molecule has 0 aliphatic rings. The minimum atomic E-state index is 0.489. The third-order valence-corrected chi connectivity index (χ3v) is 10.6. The molecule has 9 rings (SSSR count). The molecular formula is C50H35N3O. The van der Waals surface area contributed by atoms with Crippen LogP contribution in [0.5, 0.6) is 5.75 Å². The molecule has 4 nitrogen and oxygen atoms in total. The van der Waals surface area contributed by atoms with Gasteiger partial charge in [0, 0.05) is 39.0 Å². The highest BCUT2D eigenvalue weighted by Gasteiger charge is 2.25. The minimum absolute atomic E-state index is 0.489. The first-order chi connectivity index (χ1) is 26.6. The lowest BCUT2D eigenvalue weighted by Gasteiger charge is -2.24. The fourth-order valence-corrected chi connectivity index (χ4v) is 8.07. The van der Waals surface area contributed by atoms with Crippen molar-refractivity contribution in [1.82, 2.24) is 9.97 Å². The number of hydrogen-bond acceptors (Lipinski definition) is 4. The number of benzene rings is 7. The molecule has 7 aromatic carbocycles. The Morgan fingerprint density at radius 3 is 2.02 bits per heavy atom. The third-order valence-electron chi connectivity index (χ3n) is 10.6. The summed E-state index contributed by atoms with van der Waals surface area (Å²) in [5.41, 5.74) is 13.5. The number of pyridine rings is 2. The van der Waals surface area contributed by atoms with Crippen LogP contribution < -0.4 is 4.74 Å². The fraction of sp³-hybridized carbons (Fsp3) is 0.0600. The van der Waals surface area contributed by atoms with Crippen LogP contribution in [0.2, 0.25) is 0 Å². The Kier molecular flexibility index (Phi) is 8.38. The zero-order chi connectivity index (χ0) is 36.6. The fourth-order valence-electron chi connectivity index (χ4n) is 8.07.